The number of carbonyl (C=O) groups excluding carboxylic acids is 1. The molecular formula is C36H36ClN7O4S. The molecule has 3 aromatic carbocycles. The number of phenols is 1. The molecule has 11 nitrogen and oxygen atoms in total. The fourth-order valence-electron chi connectivity index (χ4n) is 5.06. The summed E-state index contributed by atoms with van der Waals surface area (Å²) < 4.78 is 9.12. The van der Waals surface area contributed by atoms with Gasteiger partial charge in [0.15, 0.2) is 11.5 Å². The Hall–Kier alpha value is -5.04. The lowest BCUT2D eigenvalue weighted by atomic mass is 9.87. The standard InChI is InChI=1S/C36H36ClN7O4S/c1-4-36(2,3)31-20-33(44(42-31)25-9-7-10-26(19-25)48-17-16-45)39-35(47)38-21-23-8-5-6-11-30(23)49-27-13-15-32-40-41-34(43(32)22-27)28-18-24(37)12-14-29(28)46/h5-15,18-20,22,45-46H,4,16-17,21H2,1-3H3,(H2,38,39,47). The van der Waals surface area contributed by atoms with Gasteiger partial charge in [-0.1, -0.05) is 68.4 Å². The molecule has 0 radical (unpaired) electrons. The molecule has 0 saturated heterocycles. The number of benzene rings is 3. The molecule has 0 fully saturated rings. The maximum Gasteiger partial charge on any atom is 0.320 e. The van der Waals surface area contributed by atoms with Crippen molar-refractivity contribution < 1.29 is 19.7 Å². The van der Waals surface area contributed by atoms with E-state index in [0.29, 0.717) is 39.3 Å². The summed E-state index contributed by atoms with van der Waals surface area (Å²) in [4.78, 5) is 15.2. The number of aromatic hydroxyl groups is 1. The molecule has 3 aromatic heterocycles. The third kappa shape index (κ3) is 7.67. The summed E-state index contributed by atoms with van der Waals surface area (Å²) in [5.41, 5.74) is 3.36. The van der Waals surface area contributed by atoms with E-state index in [1.807, 2.05) is 77.3 Å². The predicted octanol–water partition coefficient (Wildman–Crippen LogP) is 7.47. The third-order valence-corrected chi connectivity index (χ3v) is 9.50. The third-order valence-electron chi connectivity index (χ3n) is 8.16. The van der Waals surface area contributed by atoms with Gasteiger partial charge in [0, 0.05) is 45.1 Å². The fourth-order valence-corrected chi connectivity index (χ4v) is 6.20. The number of ether oxygens (including phenoxy) is 1. The Morgan fingerprint density at radius 1 is 1.02 bits per heavy atom. The Balaban J connectivity index is 1.20. The summed E-state index contributed by atoms with van der Waals surface area (Å²) in [6, 6.07) is 25.3. The summed E-state index contributed by atoms with van der Waals surface area (Å²) in [6.07, 6.45) is 2.77. The van der Waals surface area contributed by atoms with Crippen LogP contribution in [-0.4, -0.2) is 53.8 Å². The normalized spacial score (nSPS) is 11.5. The van der Waals surface area contributed by atoms with Crippen LogP contribution < -0.4 is 15.4 Å². The van der Waals surface area contributed by atoms with Gasteiger partial charge < -0.3 is 20.3 Å². The smallest absolute Gasteiger partial charge is 0.320 e. The fraction of sp³-hybridized carbons (Fsp3) is 0.222. The van der Waals surface area contributed by atoms with Crippen molar-refractivity contribution in [3.8, 4) is 28.6 Å². The zero-order chi connectivity index (χ0) is 34.5. The zero-order valence-corrected chi connectivity index (χ0v) is 28.8. The highest BCUT2D eigenvalue weighted by molar-refractivity contribution is 7.99. The number of carbonyl (C=O) groups is 1. The van der Waals surface area contributed by atoms with E-state index < -0.39 is 0 Å². The molecule has 6 aromatic rings. The van der Waals surface area contributed by atoms with Gasteiger partial charge in [-0.05, 0) is 60.5 Å². The predicted molar refractivity (Wildman–Crippen MR) is 191 cm³/mol. The lowest BCUT2D eigenvalue weighted by Crippen LogP contribution is -2.29. The number of nitrogens with one attached hydrogen (secondary N) is 2. The van der Waals surface area contributed by atoms with Crippen LogP contribution in [0.2, 0.25) is 5.02 Å². The van der Waals surface area contributed by atoms with Gasteiger partial charge in [0.25, 0.3) is 0 Å². The van der Waals surface area contributed by atoms with Gasteiger partial charge in [0.05, 0.1) is 23.6 Å². The topological polar surface area (TPSA) is 139 Å². The molecule has 6 rings (SSSR count). The van der Waals surface area contributed by atoms with E-state index >= 15 is 0 Å². The van der Waals surface area contributed by atoms with Crippen molar-refractivity contribution >= 4 is 40.9 Å². The second kappa shape index (κ2) is 14.6. The van der Waals surface area contributed by atoms with Crippen LogP contribution in [0.4, 0.5) is 10.6 Å². The van der Waals surface area contributed by atoms with Crippen molar-refractivity contribution in [1.29, 1.82) is 0 Å². The SMILES string of the molecule is CCC(C)(C)c1cc(NC(=O)NCc2ccccc2Sc2ccc3nnc(-c4cc(Cl)ccc4O)n3c2)n(-c2cccc(OCCO)c2)n1. The number of anilines is 1. The summed E-state index contributed by atoms with van der Waals surface area (Å²) in [7, 11) is 0. The lowest BCUT2D eigenvalue weighted by molar-refractivity contribution is 0.201. The average molecular weight is 698 g/mol. The highest BCUT2D eigenvalue weighted by Crippen LogP contribution is 2.35. The van der Waals surface area contributed by atoms with Gasteiger partial charge in [-0.25, -0.2) is 9.48 Å². The number of hydrogen-bond acceptors (Lipinski definition) is 8. The summed E-state index contributed by atoms with van der Waals surface area (Å²) in [5.74, 6) is 1.63. The minimum atomic E-state index is -0.383. The molecule has 252 valence electrons. The highest BCUT2D eigenvalue weighted by Gasteiger charge is 2.25. The number of fused-ring (bicyclic) bond motifs is 1. The minimum absolute atomic E-state index is 0.0559. The van der Waals surface area contributed by atoms with Crippen LogP contribution in [0.3, 0.4) is 0 Å². The number of halogens is 1. The summed E-state index contributed by atoms with van der Waals surface area (Å²) in [5, 5.41) is 39.5. The average Bonchev–Trinajstić information content (AvgIpc) is 3.73. The van der Waals surface area contributed by atoms with E-state index in [4.69, 9.17) is 21.4 Å². The van der Waals surface area contributed by atoms with Crippen molar-refractivity contribution in [1.82, 2.24) is 29.7 Å². The number of phenolic OH excluding ortho intramolecular Hbond substituents is 1. The maximum atomic E-state index is 13.3. The van der Waals surface area contributed by atoms with Crippen molar-refractivity contribution in [2.45, 2.75) is 48.9 Å². The van der Waals surface area contributed by atoms with Crippen LogP contribution in [0.25, 0.3) is 22.7 Å². The Morgan fingerprint density at radius 2 is 1.86 bits per heavy atom. The molecule has 0 atom stereocenters. The molecule has 0 aliphatic rings. The number of urea groups is 1. The van der Waals surface area contributed by atoms with Crippen molar-refractivity contribution in [3.63, 3.8) is 0 Å². The molecule has 2 amide bonds. The highest BCUT2D eigenvalue weighted by atomic mass is 35.5. The van der Waals surface area contributed by atoms with Crippen LogP contribution in [0, 0.1) is 0 Å². The second-order valence-electron chi connectivity index (χ2n) is 11.9. The minimum Gasteiger partial charge on any atom is -0.507 e. The molecule has 0 saturated carbocycles. The van der Waals surface area contributed by atoms with E-state index in [-0.39, 0.29) is 37.0 Å². The Bertz CT molecular complexity index is 2110. The molecule has 0 aliphatic heterocycles. The number of pyridine rings is 1. The molecule has 0 aliphatic carbocycles. The number of aromatic nitrogens is 5. The number of aliphatic hydroxyl groups excluding tert-OH is 1. The van der Waals surface area contributed by atoms with Gasteiger partial charge in [-0.2, -0.15) is 5.10 Å². The first-order valence-corrected chi connectivity index (χ1v) is 16.9. The van der Waals surface area contributed by atoms with Crippen LogP contribution in [0.5, 0.6) is 11.5 Å². The second-order valence-corrected chi connectivity index (χ2v) is 13.5. The van der Waals surface area contributed by atoms with E-state index in [2.05, 4.69) is 41.6 Å². The zero-order valence-electron chi connectivity index (χ0n) is 27.2. The van der Waals surface area contributed by atoms with Gasteiger partial charge in [0.2, 0.25) is 0 Å². The molecule has 13 heteroatoms. The van der Waals surface area contributed by atoms with Gasteiger partial charge in [-0.3, -0.25) is 9.72 Å². The lowest BCUT2D eigenvalue weighted by Gasteiger charge is -2.19. The van der Waals surface area contributed by atoms with E-state index in [1.165, 1.54) is 17.8 Å². The first-order valence-electron chi connectivity index (χ1n) is 15.7. The summed E-state index contributed by atoms with van der Waals surface area (Å²) >= 11 is 7.73. The molecular weight excluding hydrogens is 662 g/mol. The van der Waals surface area contributed by atoms with E-state index in [1.54, 1.807) is 16.8 Å². The van der Waals surface area contributed by atoms with Gasteiger partial charge in [-0.15, -0.1) is 10.2 Å². The Morgan fingerprint density at radius 3 is 2.67 bits per heavy atom. The Labute approximate surface area is 292 Å². The first-order chi connectivity index (χ1) is 23.6. The van der Waals surface area contributed by atoms with E-state index in [0.717, 1.165) is 27.5 Å². The van der Waals surface area contributed by atoms with Crippen LogP contribution in [-0.2, 0) is 12.0 Å². The maximum absolute atomic E-state index is 13.3. The molecule has 4 N–H and O–H groups in total. The van der Waals surface area contributed by atoms with Crippen molar-refractivity contribution in [2.75, 3.05) is 18.5 Å². The molecule has 3 heterocycles. The molecule has 0 spiro atoms. The monoisotopic (exact) mass is 697 g/mol. The van der Waals surface area contributed by atoms with E-state index in [9.17, 15) is 15.0 Å². The number of hydrogen-bond donors (Lipinski definition) is 4. The first kappa shape index (κ1) is 33.8. The van der Waals surface area contributed by atoms with Gasteiger partial charge in [0.1, 0.15) is 23.9 Å². The van der Waals surface area contributed by atoms with Crippen LogP contribution in [0.15, 0.2) is 101 Å². The van der Waals surface area contributed by atoms with Crippen LogP contribution in [0.1, 0.15) is 38.4 Å². The molecule has 0 unspecified atom stereocenters. The number of rotatable bonds is 12. The van der Waals surface area contributed by atoms with Crippen molar-refractivity contribution in [3.05, 3.63) is 107 Å². The quantitative estimate of drug-likeness (QED) is 0.103. The van der Waals surface area contributed by atoms with Gasteiger partial charge >= 0.3 is 6.03 Å². The number of amides is 2. The Kier molecular flexibility index (Phi) is 10.1. The van der Waals surface area contributed by atoms with Crippen LogP contribution >= 0.6 is 23.4 Å². The molecule has 0 bridgehead atoms. The molecule has 49 heavy (non-hydrogen) atoms. The number of aliphatic hydroxyl groups is 1. The largest absolute Gasteiger partial charge is 0.507 e. The van der Waals surface area contributed by atoms with Crippen molar-refractivity contribution in [2.24, 2.45) is 0 Å². The number of nitrogens with zero attached hydrogens (tertiary/aromatic N) is 5. The summed E-state index contributed by atoms with van der Waals surface area (Å²) in [6.45, 7) is 6.68.